The van der Waals surface area contributed by atoms with E-state index in [9.17, 15) is 4.79 Å². The Balaban J connectivity index is 1.99. The van der Waals surface area contributed by atoms with Crippen LogP contribution in [0.25, 0.3) is 0 Å². The summed E-state index contributed by atoms with van der Waals surface area (Å²) in [5.41, 5.74) is 4.96. The molecule has 0 atom stereocenters. The first-order valence-corrected chi connectivity index (χ1v) is 9.12. The molecule has 2 rings (SSSR count). The van der Waals surface area contributed by atoms with Crippen molar-refractivity contribution in [2.45, 2.75) is 24.0 Å². The van der Waals surface area contributed by atoms with Crippen molar-refractivity contribution in [1.29, 1.82) is 0 Å². The summed E-state index contributed by atoms with van der Waals surface area (Å²) in [6.45, 7) is 3.70. The second-order valence-electron chi connectivity index (χ2n) is 4.76. The van der Waals surface area contributed by atoms with Crippen LogP contribution in [0.5, 0.6) is 5.75 Å². The molecule has 6 nitrogen and oxygen atoms in total. The molecule has 1 amide bonds. The number of hydrogen-bond acceptors (Lipinski definition) is 7. The van der Waals surface area contributed by atoms with Gasteiger partial charge in [0.2, 0.25) is 0 Å². The Labute approximate surface area is 149 Å². The fourth-order valence-electron chi connectivity index (χ4n) is 1.80. The monoisotopic (exact) mass is 362 g/mol. The van der Waals surface area contributed by atoms with Crippen LogP contribution in [0.4, 0.5) is 4.79 Å². The highest BCUT2D eigenvalue weighted by molar-refractivity contribution is 8.13. The van der Waals surface area contributed by atoms with Crippen LogP contribution in [-0.4, -0.2) is 34.3 Å². The fraction of sp³-hybridized carbons (Fsp3) is 0.250. The van der Waals surface area contributed by atoms with Gasteiger partial charge in [-0.2, -0.15) is 5.10 Å². The maximum atomic E-state index is 12.0. The minimum Gasteiger partial charge on any atom is -0.497 e. The number of thioether (sulfide) groups is 2. The van der Waals surface area contributed by atoms with Crippen molar-refractivity contribution in [2.24, 2.45) is 5.10 Å². The number of aryl methyl sites for hydroxylation is 1. The van der Waals surface area contributed by atoms with Crippen LogP contribution in [0.2, 0.25) is 0 Å². The topological polar surface area (TPSA) is 76.5 Å². The number of nitrogens with one attached hydrogen (secondary N) is 1. The first kappa shape index (κ1) is 18.3. The first-order chi connectivity index (χ1) is 11.5. The maximum absolute atomic E-state index is 12.0. The van der Waals surface area contributed by atoms with Gasteiger partial charge in [0.1, 0.15) is 10.8 Å². The Hall–Kier alpha value is -2.06. The van der Waals surface area contributed by atoms with E-state index in [1.165, 1.54) is 11.8 Å². The van der Waals surface area contributed by atoms with Crippen molar-refractivity contribution in [3.63, 3.8) is 0 Å². The minimum atomic E-state index is -0.298. The van der Waals surface area contributed by atoms with Crippen molar-refractivity contribution in [1.82, 2.24) is 15.4 Å². The molecule has 0 saturated heterocycles. The Bertz CT molecular complexity index is 748. The van der Waals surface area contributed by atoms with Gasteiger partial charge in [0, 0.05) is 5.69 Å². The van der Waals surface area contributed by atoms with Gasteiger partial charge in [0.25, 0.3) is 0 Å². The predicted molar refractivity (Wildman–Crippen MR) is 98.1 cm³/mol. The van der Waals surface area contributed by atoms with Crippen LogP contribution in [0.15, 0.2) is 45.6 Å². The van der Waals surface area contributed by atoms with Crippen LogP contribution in [0.3, 0.4) is 0 Å². The van der Waals surface area contributed by atoms with Crippen molar-refractivity contribution in [3.05, 3.63) is 41.6 Å². The van der Waals surface area contributed by atoms with E-state index in [1.54, 1.807) is 13.2 Å². The van der Waals surface area contributed by atoms with E-state index in [0.29, 0.717) is 15.9 Å². The third-order valence-corrected chi connectivity index (χ3v) is 4.26. The van der Waals surface area contributed by atoms with Gasteiger partial charge in [0.05, 0.1) is 12.8 Å². The molecule has 1 N–H and O–H groups in total. The number of rotatable bonds is 5. The van der Waals surface area contributed by atoms with E-state index in [4.69, 9.17) is 4.74 Å². The van der Waals surface area contributed by atoms with Crippen LogP contribution >= 0.6 is 23.5 Å². The second kappa shape index (κ2) is 8.70. The van der Waals surface area contributed by atoms with E-state index in [-0.39, 0.29) is 5.24 Å². The molecule has 1 heterocycles. The van der Waals surface area contributed by atoms with E-state index in [0.717, 1.165) is 28.8 Å². The number of methoxy groups -OCH3 is 1. The van der Waals surface area contributed by atoms with Gasteiger partial charge in [-0.15, -0.1) is 0 Å². The quantitative estimate of drug-likeness (QED) is 0.287. The molecule has 2 aromatic rings. The van der Waals surface area contributed by atoms with E-state index in [1.807, 2.05) is 44.4 Å². The summed E-state index contributed by atoms with van der Waals surface area (Å²) in [5, 5.41) is 5.06. The molecule has 0 aliphatic heterocycles. The summed E-state index contributed by atoms with van der Waals surface area (Å²) in [6.07, 6.45) is 1.89. The number of hydrogen-bond donors (Lipinski definition) is 1. The molecule has 1 aromatic carbocycles. The number of ether oxygens (including phenoxy) is 1. The van der Waals surface area contributed by atoms with Crippen molar-refractivity contribution in [3.8, 4) is 5.75 Å². The van der Waals surface area contributed by atoms with E-state index in [2.05, 4.69) is 20.5 Å². The lowest BCUT2D eigenvalue weighted by Crippen LogP contribution is -2.14. The fourth-order valence-corrected chi connectivity index (χ4v) is 2.93. The molecule has 0 aliphatic rings. The number of aromatic nitrogens is 2. The Morgan fingerprint density at radius 2 is 1.96 bits per heavy atom. The lowest BCUT2D eigenvalue weighted by atomic mass is 10.1. The zero-order valence-corrected chi connectivity index (χ0v) is 15.5. The first-order valence-electron chi connectivity index (χ1n) is 7.08. The molecule has 0 radical (unpaired) electrons. The van der Waals surface area contributed by atoms with Crippen molar-refractivity contribution >= 4 is 34.5 Å². The molecule has 0 bridgehead atoms. The number of benzene rings is 1. The molecule has 24 heavy (non-hydrogen) atoms. The molecule has 0 unspecified atom stereocenters. The van der Waals surface area contributed by atoms with Gasteiger partial charge in [-0.05, 0) is 67.8 Å². The Morgan fingerprint density at radius 1 is 1.25 bits per heavy atom. The van der Waals surface area contributed by atoms with E-state index < -0.39 is 0 Å². The van der Waals surface area contributed by atoms with Gasteiger partial charge in [0.15, 0.2) is 5.16 Å². The van der Waals surface area contributed by atoms with Gasteiger partial charge in [-0.1, -0.05) is 11.8 Å². The summed E-state index contributed by atoms with van der Waals surface area (Å²) >= 11 is 2.43. The second-order valence-corrected chi connectivity index (χ2v) is 6.53. The standard InChI is InChI=1S/C16H18N4O2S2/c1-10-9-14(18-15(17-10)23-4)24-16(21)20-19-11(2)12-5-7-13(22-3)8-6-12/h5-9H,1-4H3,(H,20,21). The molecular weight excluding hydrogens is 344 g/mol. The summed E-state index contributed by atoms with van der Waals surface area (Å²) in [6, 6.07) is 9.23. The predicted octanol–water partition coefficient (Wildman–Crippen LogP) is 3.74. The summed E-state index contributed by atoms with van der Waals surface area (Å²) < 4.78 is 5.12. The SMILES string of the molecule is COc1ccc(C(C)=NNC(=O)Sc2cc(C)nc(SC)n2)cc1. The third kappa shape index (κ3) is 5.24. The number of nitrogens with zero attached hydrogens (tertiary/aromatic N) is 3. The molecule has 0 aliphatic carbocycles. The van der Waals surface area contributed by atoms with Crippen LogP contribution in [0.1, 0.15) is 18.2 Å². The molecule has 0 saturated carbocycles. The lowest BCUT2D eigenvalue weighted by molar-refractivity contribution is 0.261. The van der Waals surface area contributed by atoms with Crippen LogP contribution in [0, 0.1) is 6.92 Å². The number of hydrazone groups is 1. The highest BCUT2D eigenvalue weighted by Crippen LogP contribution is 2.20. The van der Waals surface area contributed by atoms with Crippen molar-refractivity contribution < 1.29 is 9.53 Å². The highest BCUT2D eigenvalue weighted by Gasteiger charge is 2.08. The number of carbonyl (C=O) groups excluding carboxylic acids is 1. The highest BCUT2D eigenvalue weighted by atomic mass is 32.2. The van der Waals surface area contributed by atoms with Gasteiger partial charge < -0.3 is 4.74 Å². The molecular formula is C16H18N4O2S2. The van der Waals surface area contributed by atoms with Crippen LogP contribution in [-0.2, 0) is 0 Å². The largest absolute Gasteiger partial charge is 0.497 e. The average Bonchev–Trinajstić information content (AvgIpc) is 2.59. The van der Waals surface area contributed by atoms with Crippen LogP contribution < -0.4 is 10.2 Å². The smallest absolute Gasteiger partial charge is 0.305 e. The summed E-state index contributed by atoms with van der Waals surface area (Å²) in [5.74, 6) is 0.773. The number of carbonyl (C=O) groups is 1. The lowest BCUT2D eigenvalue weighted by Gasteiger charge is -2.05. The minimum absolute atomic E-state index is 0.298. The van der Waals surface area contributed by atoms with Gasteiger partial charge >= 0.3 is 5.24 Å². The zero-order chi connectivity index (χ0) is 17.5. The molecule has 126 valence electrons. The summed E-state index contributed by atoms with van der Waals surface area (Å²) in [4.78, 5) is 20.6. The average molecular weight is 362 g/mol. The van der Waals surface area contributed by atoms with E-state index >= 15 is 0 Å². The Morgan fingerprint density at radius 3 is 2.58 bits per heavy atom. The third-order valence-electron chi connectivity index (χ3n) is 3.01. The zero-order valence-electron chi connectivity index (χ0n) is 13.9. The molecule has 1 aromatic heterocycles. The van der Waals surface area contributed by atoms with Crippen molar-refractivity contribution in [2.75, 3.05) is 13.4 Å². The maximum Gasteiger partial charge on any atom is 0.305 e. The molecule has 8 heteroatoms. The summed E-state index contributed by atoms with van der Waals surface area (Å²) in [7, 11) is 1.62. The molecule has 0 spiro atoms. The van der Waals surface area contributed by atoms with Gasteiger partial charge in [-0.25, -0.2) is 15.4 Å². The number of amides is 1. The normalized spacial score (nSPS) is 11.2. The van der Waals surface area contributed by atoms with Gasteiger partial charge in [-0.3, -0.25) is 4.79 Å². The Kier molecular flexibility index (Phi) is 6.62. The molecule has 0 fully saturated rings.